The van der Waals surface area contributed by atoms with Gasteiger partial charge in [-0.2, -0.15) is 0 Å². The van der Waals surface area contributed by atoms with Gasteiger partial charge in [-0.1, -0.05) is 74.5 Å². The first-order chi connectivity index (χ1) is 16.5. The molecule has 0 heterocycles. The van der Waals surface area contributed by atoms with Crippen LogP contribution in [0.2, 0.25) is 0 Å². The van der Waals surface area contributed by atoms with Crippen LogP contribution >= 0.6 is 0 Å². The van der Waals surface area contributed by atoms with Crippen molar-refractivity contribution in [1.82, 2.24) is 10.2 Å². The van der Waals surface area contributed by atoms with Crippen LogP contribution in [0.15, 0.2) is 61.2 Å². The number of alkyl carbamates (subject to hydrolysis) is 1. The molecule has 2 aromatic carbocycles. The van der Waals surface area contributed by atoms with Crippen molar-refractivity contribution in [1.29, 1.82) is 0 Å². The second kappa shape index (κ2) is 12.0. The predicted molar refractivity (Wildman–Crippen MR) is 130 cm³/mol. The summed E-state index contributed by atoms with van der Waals surface area (Å²) in [6.45, 7) is 6.22. The van der Waals surface area contributed by atoms with Crippen molar-refractivity contribution in [3.63, 3.8) is 0 Å². The molecule has 7 heteroatoms. The van der Waals surface area contributed by atoms with E-state index >= 15 is 0 Å². The number of amides is 2. The molecule has 2 aromatic rings. The van der Waals surface area contributed by atoms with E-state index in [0.29, 0.717) is 6.54 Å². The van der Waals surface area contributed by atoms with Gasteiger partial charge in [0.15, 0.2) is 0 Å². The van der Waals surface area contributed by atoms with Gasteiger partial charge in [0.2, 0.25) is 5.91 Å². The van der Waals surface area contributed by atoms with Crippen molar-refractivity contribution in [2.45, 2.75) is 38.1 Å². The van der Waals surface area contributed by atoms with Gasteiger partial charge >= 0.3 is 12.1 Å². The second-order valence-electron chi connectivity index (χ2n) is 8.31. The molecule has 0 unspecified atom stereocenters. The zero-order chi connectivity index (χ0) is 24.5. The number of unbranched alkanes of at least 4 members (excludes halogenated alkanes) is 1. The van der Waals surface area contributed by atoms with Gasteiger partial charge in [0, 0.05) is 19.5 Å². The molecule has 0 spiro atoms. The van der Waals surface area contributed by atoms with E-state index in [2.05, 4.69) is 24.0 Å². The van der Waals surface area contributed by atoms with E-state index in [1.165, 1.54) is 11.0 Å². The molecular formula is C27H32N2O5. The topological polar surface area (TPSA) is 84.9 Å². The van der Waals surface area contributed by atoms with Crippen molar-refractivity contribution < 1.29 is 23.9 Å². The van der Waals surface area contributed by atoms with Crippen molar-refractivity contribution in [3.05, 3.63) is 72.3 Å². The highest BCUT2D eigenvalue weighted by Gasteiger charge is 2.31. The van der Waals surface area contributed by atoms with Gasteiger partial charge in [0.25, 0.3) is 0 Å². The third-order valence-electron chi connectivity index (χ3n) is 5.89. The van der Waals surface area contributed by atoms with Crippen LogP contribution < -0.4 is 5.32 Å². The Morgan fingerprint density at radius 1 is 1.06 bits per heavy atom. The van der Waals surface area contributed by atoms with Crippen LogP contribution in [0, 0.1) is 0 Å². The van der Waals surface area contributed by atoms with E-state index in [1.807, 2.05) is 43.3 Å². The van der Waals surface area contributed by atoms with E-state index in [-0.39, 0.29) is 31.5 Å². The molecular weight excluding hydrogens is 432 g/mol. The van der Waals surface area contributed by atoms with Gasteiger partial charge in [-0.3, -0.25) is 9.59 Å². The van der Waals surface area contributed by atoms with E-state index in [0.717, 1.165) is 35.1 Å². The normalized spacial score (nSPS) is 12.8. The first-order valence-corrected chi connectivity index (χ1v) is 11.6. The molecule has 2 amide bonds. The van der Waals surface area contributed by atoms with E-state index in [1.54, 1.807) is 7.05 Å². The van der Waals surface area contributed by atoms with Crippen LogP contribution in [0.3, 0.4) is 0 Å². The van der Waals surface area contributed by atoms with Crippen molar-refractivity contribution in [2.24, 2.45) is 0 Å². The largest absolute Gasteiger partial charge is 0.461 e. The van der Waals surface area contributed by atoms with Gasteiger partial charge in [0.05, 0.1) is 6.42 Å². The SMILES string of the molecule is C=CCOC(=O)C[C@@H](NC(=O)OCC1c2ccccc2-c2ccccc21)C(=O)N(C)CCCC. The van der Waals surface area contributed by atoms with E-state index in [9.17, 15) is 14.4 Å². The molecule has 1 N–H and O–H groups in total. The van der Waals surface area contributed by atoms with Gasteiger partial charge in [0.1, 0.15) is 19.3 Å². The fraction of sp³-hybridized carbons (Fsp3) is 0.370. The Morgan fingerprint density at radius 2 is 1.68 bits per heavy atom. The van der Waals surface area contributed by atoms with Crippen molar-refractivity contribution >= 4 is 18.0 Å². The lowest BCUT2D eigenvalue weighted by Crippen LogP contribution is -2.49. The lowest BCUT2D eigenvalue weighted by molar-refractivity contribution is -0.146. The molecule has 0 radical (unpaired) electrons. The molecule has 0 aromatic heterocycles. The van der Waals surface area contributed by atoms with Crippen LogP contribution in [0.1, 0.15) is 43.2 Å². The summed E-state index contributed by atoms with van der Waals surface area (Å²) >= 11 is 0. The minimum Gasteiger partial charge on any atom is -0.461 e. The summed E-state index contributed by atoms with van der Waals surface area (Å²) in [5.41, 5.74) is 4.44. The number of nitrogens with one attached hydrogen (secondary N) is 1. The molecule has 0 aliphatic heterocycles. The molecule has 0 saturated heterocycles. The molecule has 1 aliphatic rings. The molecule has 180 valence electrons. The first-order valence-electron chi connectivity index (χ1n) is 11.6. The smallest absolute Gasteiger partial charge is 0.407 e. The predicted octanol–water partition coefficient (Wildman–Crippen LogP) is 4.27. The number of fused-ring (bicyclic) bond motifs is 3. The Hall–Kier alpha value is -3.61. The number of carbonyl (C=O) groups excluding carboxylic acids is 3. The minimum atomic E-state index is -1.07. The van der Waals surface area contributed by atoms with Crippen LogP contribution in [0.25, 0.3) is 11.1 Å². The highest BCUT2D eigenvalue weighted by Crippen LogP contribution is 2.44. The zero-order valence-electron chi connectivity index (χ0n) is 19.8. The average molecular weight is 465 g/mol. The number of likely N-dealkylation sites (N-methyl/N-ethyl adjacent to an activating group) is 1. The van der Waals surface area contributed by atoms with Crippen molar-refractivity contribution in [3.8, 4) is 11.1 Å². The highest BCUT2D eigenvalue weighted by molar-refractivity contribution is 5.89. The van der Waals surface area contributed by atoms with Crippen LogP contribution in [-0.2, 0) is 19.1 Å². The lowest BCUT2D eigenvalue weighted by Gasteiger charge is -2.24. The number of nitrogens with zero attached hydrogens (tertiary/aromatic N) is 1. The number of esters is 1. The monoisotopic (exact) mass is 464 g/mol. The van der Waals surface area contributed by atoms with E-state index in [4.69, 9.17) is 9.47 Å². The molecule has 3 rings (SSSR count). The third kappa shape index (κ3) is 6.04. The molecule has 0 saturated carbocycles. The van der Waals surface area contributed by atoms with Crippen molar-refractivity contribution in [2.75, 3.05) is 26.8 Å². The zero-order valence-corrected chi connectivity index (χ0v) is 19.8. The lowest BCUT2D eigenvalue weighted by atomic mass is 9.98. The third-order valence-corrected chi connectivity index (χ3v) is 5.89. The maximum Gasteiger partial charge on any atom is 0.407 e. The Labute approximate surface area is 200 Å². The van der Waals surface area contributed by atoms with Gasteiger partial charge in [-0.25, -0.2) is 4.79 Å². The van der Waals surface area contributed by atoms with E-state index < -0.39 is 18.1 Å². The maximum absolute atomic E-state index is 12.9. The number of ether oxygens (including phenoxy) is 2. The fourth-order valence-electron chi connectivity index (χ4n) is 4.13. The summed E-state index contributed by atoms with van der Waals surface area (Å²) in [5, 5.41) is 2.57. The van der Waals surface area contributed by atoms with Gasteiger partial charge < -0.3 is 19.7 Å². The van der Waals surface area contributed by atoms with Crippen LogP contribution in [0.4, 0.5) is 4.79 Å². The molecule has 0 bridgehead atoms. The van der Waals surface area contributed by atoms with Gasteiger partial charge in [-0.05, 0) is 28.7 Å². The molecule has 0 fully saturated rings. The molecule has 1 aliphatic carbocycles. The van der Waals surface area contributed by atoms with Crippen LogP contribution in [0.5, 0.6) is 0 Å². The summed E-state index contributed by atoms with van der Waals surface area (Å²) in [7, 11) is 1.65. The number of rotatable bonds is 11. The minimum absolute atomic E-state index is 0.0381. The number of hydrogen-bond donors (Lipinski definition) is 1. The Balaban J connectivity index is 1.67. The maximum atomic E-state index is 12.9. The molecule has 1 atom stereocenters. The Bertz CT molecular complexity index is 990. The van der Waals surface area contributed by atoms with Gasteiger partial charge in [-0.15, -0.1) is 0 Å². The standard InChI is InChI=1S/C27H32N2O5/c1-4-6-15-29(3)26(31)24(17-25(30)33-16-5-2)28-27(32)34-18-23-21-13-9-7-11-19(21)20-12-8-10-14-22(20)23/h5,7-14,23-24H,2,4,6,15-18H2,1,3H3,(H,28,32)/t24-/m1/s1. The average Bonchev–Trinajstić information content (AvgIpc) is 3.17. The summed E-state index contributed by atoms with van der Waals surface area (Å²) < 4.78 is 10.6. The first kappa shape index (κ1) is 25.0. The summed E-state index contributed by atoms with van der Waals surface area (Å²) in [6, 6.07) is 15.0. The Kier molecular flexibility index (Phi) is 8.85. The molecule has 7 nitrogen and oxygen atoms in total. The second-order valence-corrected chi connectivity index (χ2v) is 8.31. The Morgan fingerprint density at radius 3 is 2.26 bits per heavy atom. The fourth-order valence-corrected chi connectivity index (χ4v) is 4.13. The quantitative estimate of drug-likeness (QED) is 0.397. The number of benzene rings is 2. The summed E-state index contributed by atoms with van der Waals surface area (Å²) in [5.74, 6) is -1.06. The summed E-state index contributed by atoms with van der Waals surface area (Å²) in [4.78, 5) is 39.3. The number of hydrogen-bond acceptors (Lipinski definition) is 5. The molecule has 34 heavy (non-hydrogen) atoms. The van der Waals surface area contributed by atoms with Crippen LogP contribution in [-0.4, -0.2) is 55.7 Å². The number of carbonyl (C=O) groups is 3. The highest BCUT2D eigenvalue weighted by atomic mass is 16.5. The summed E-state index contributed by atoms with van der Waals surface area (Å²) in [6.07, 6.45) is 2.15.